The first-order chi connectivity index (χ1) is 13.2. The van der Waals surface area contributed by atoms with Crippen molar-refractivity contribution in [2.24, 2.45) is 17.5 Å². The van der Waals surface area contributed by atoms with Crippen LogP contribution in [0.25, 0.3) is 0 Å². The molecule has 7 nitrogen and oxygen atoms in total. The van der Waals surface area contributed by atoms with Crippen molar-refractivity contribution in [2.75, 3.05) is 26.3 Å². The van der Waals surface area contributed by atoms with Crippen molar-refractivity contribution < 1.29 is 4.74 Å². The summed E-state index contributed by atoms with van der Waals surface area (Å²) in [6, 6.07) is 0.561. The number of guanidine groups is 1. The first kappa shape index (κ1) is 18.7. The minimum Gasteiger partial charge on any atom is -0.381 e. The largest absolute Gasteiger partial charge is 0.381 e. The quantitative estimate of drug-likeness (QED) is 0.650. The van der Waals surface area contributed by atoms with Gasteiger partial charge in [-0.25, -0.2) is 4.99 Å². The molecule has 1 N–H and O–H groups in total. The number of aromatic nitrogens is 3. The minimum absolute atomic E-state index is 0.315. The second-order valence-corrected chi connectivity index (χ2v) is 8.67. The van der Waals surface area contributed by atoms with Crippen LogP contribution in [0.15, 0.2) is 4.99 Å². The molecular formula is C20H34N6O. The van der Waals surface area contributed by atoms with Gasteiger partial charge in [-0.15, -0.1) is 10.2 Å². The molecule has 0 amide bonds. The van der Waals surface area contributed by atoms with Crippen molar-refractivity contribution in [2.45, 2.75) is 70.9 Å². The van der Waals surface area contributed by atoms with Crippen molar-refractivity contribution in [3.63, 3.8) is 0 Å². The molecule has 150 valence electrons. The monoisotopic (exact) mass is 374 g/mol. The van der Waals surface area contributed by atoms with Crippen LogP contribution in [-0.4, -0.2) is 58.0 Å². The van der Waals surface area contributed by atoms with E-state index in [1.807, 2.05) is 18.5 Å². The normalized spacial score (nSPS) is 27.5. The standard InChI is InChI=1S/C20H34N6O/c1-16-23-24-18(25(16)2)13-21-19(22-17-7-3-4-8-17)26-11-5-9-20(14-26)10-6-12-27-15-20/h17H,3-15H2,1-2H3,(H,21,22). The van der Waals surface area contributed by atoms with Crippen LogP contribution < -0.4 is 5.32 Å². The summed E-state index contributed by atoms with van der Waals surface area (Å²) in [5.41, 5.74) is 0.315. The highest BCUT2D eigenvalue weighted by molar-refractivity contribution is 5.80. The summed E-state index contributed by atoms with van der Waals surface area (Å²) < 4.78 is 7.89. The number of likely N-dealkylation sites (tertiary alicyclic amines) is 1. The summed E-state index contributed by atoms with van der Waals surface area (Å²) >= 11 is 0. The van der Waals surface area contributed by atoms with E-state index in [2.05, 4.69) is 20.4 Å². The first-order valence-electron chi connectivity index (χ1n) is 10.6. The van der Waals surface area contributed by atoms with Crippen LogP contribution in [0.4, 0.5) is 0 Å². The summed E-state index contributed by atoms with van der Waals surface area (Å²) in [6.45, 7) is 6.53. The van der Waals surface area contributed by atoms with E-state index in [-0.39, 0.29) is 0 Å². The average Bonchev–Trinajstić information content (AvgIpc) is 3.30. The van der Waals surface area contributed by atoms with Crippen molar-refractivity contribution >= 4 is 5.96 Å². The Labute approximate surface area is 162 Å². The van der Waals surface area contributed by atoms with E-state index in [1.165, 1.54) is 51.4 Å². The number of hydrogen-bond donors (Lipinski definition) is 1. The highest BCUT2D eigenvalue weighted by Gasteiger charge is 2.38. The number of hydrogen-bond acceptors (Lipinski definition) is 4. The number of nitrogens with one attached hydrogen (secondary N) is 1. The van der Waals surface area contributed by atoms with E-state index in [1.54, 1.807) is 0 Å². The molecule has 1 spiro atoms. The van der Waals surface area contributed by atoms with Gasteiger partial charge < -0.3 is 19.5 Å². The minimum atomic E-state index is 0.315. The molecule has 2 aliphatic heterocycles. The number of piperidine rings is 1. The van der Waals surface area contributed by atoms with E-state index in [0.29, 0.717) is 18.0 Å². The second-order valence-electron chi connectivity index (χ2n) is 8.67. The van der Waals surface area contributed by atoms with Gasteiger partial charge >= 0.3 is 0 Å². The maximum absolute atomic E-state index is 5.86. The molecule has 3 fully saturated rings. The number of aryl methyl sites for hydroxylation is 1. The Morgan fingerprint density at radius 1 is 1.22 bits per heavy atom. The molecule has 1 saturated carbocycles. The van der Waals surface area contributed by atoms with Crippen LogP contribution in [0.1, 0.15) is 63.0 Å². The van der Waals surface area contributed by atoms with Gasteiger partial charge in [-0.2, -0.15) is 0 Å². The third-order valence-electron chi connectivity index (χ3n) is 6.61. The Balaban J connectivity index is 1.51. The molecule has 0 bridgehead atoms. The second kappa shape index (κ2) is 8.17. The first-order valence-corrected chi connectivity index (χ1v) is 10.6. The fourth-order valence-corrected chi connectivity index (χ4v) is 4.84. The smallest absolute Gasteiger partial charge is 0.194 e. The van der Waals surface area contributed by atoms with Crippen molar-refractivity contribution in [1.29, 1.82) is 0 Å². The van der Waals surface area contributed by atoms with Crippen molar-refractivity contribution in [3.8, 4) is 0 Å². The molecule has 0 aromatic carbocycles. The molecule has 7 heteroatoms. The molecule has 0 radical (unpaired) electrons. The summed E-state index contributed by atoms with van der Waals surface area (Å²) in [4.78, 5) is 7.49. The lowest BCUT2D eigenvalue weighted by molar-refractivity contribution is -0.0371. The molecule has 1 atom stereocenters. The molecule has 3 aliphatic rings. The van der Waals surface area contributed by atoms with E-state index in [9.17, 15) is 0 Å². The van der Waals surface area contributed by atoms with Crippen LogP contribution in [0, 0.1) is 12.3 Å². The molecule has 3 heterocycles. The zero-order chi connectivity index (χ0) is 18.7. The van der Waals surface area contributed by atoms with Gasteiger partial charge in [0.05, 0.1) is 6.61 Å². The lowest BCUT2D eigenvalue weighted by atomic mass is 9.76. The number of nitrogens with zero attached hydrogens (tertiary/aromatic N) is 5. The predicted molar refractivity (Wildman–Crippen MR) is 106 cm³/mol. The Kier molecular flexibility index (Phi) is 5.66. The van der Waals surface area contributed by atoms with Gasteiger partial charge in [-0.05, 0) is 45.4 Å². The molecule has 27 heavy (non-hydrogen) atoms. The SMILES string of the molecule is Cc1nnc(CN=C(NC2CCCC2)N2CCCC3(CCCOC3)C2)n1C. The highest BCUT2D eigenvalue weighted by Crippen LogP contribution is 2.37. The van der Waals surface area contributed by atoms with E-state index in [0.717, 1.165) is 43.9 Å². The van der Waals surface area contributed by atoms with Gasteiger partial charge in [0, 0.05) is 38.2 Å². The van der Waals surface area contributed by atoms with Crippen LogP contribution in [0.3, 0.4) is 0 Å². The summed E-state index contributed by atoms with van der Waals surface area (Å²) in [5, 5.41) is 12.2. The van der Waals surface area contributed by atoms with Gasteiger partial charge in [-0.3, -0.25) is 0 Å². The zero-order valence-corrected chi connectivity index (χ0v) is 16.9. The maximum atomic E-state index is 5.86. The predicted octanol–water partition coefficient (Wildman–Crippen LogP) is 2.40. The van der Waals surface area contributed by atoms with Gasteiger partial charge in [0.1, 0.15) is 12.4 Å². The zero-order valence-electron chi connectivity index (χ0n) is 16.9. The van der Waals surface area contributed by atoms with E-state index < -0.39 is 0 Å². The van der Waals surface area contributed by atoms with Gasteiger partial charge in [0.15, 0.2) is 11.8 Å². The summed E-state index contributed by atoms with van der Waals surface area (Å²) in [5.74, 6) is 2.92. The molecule has 2 saturated heterocycles. The lowest BCUT2D eigenvalue weighted by Gasteiger charge is -2.46. The topological polar surface area (TPSA) is 67.6 Å². The lowest BCUT2D eigenvalue weighted by Crippen LogP contribution is -2.54. The van der Waals surface area contributed by atoms with E-state index in [4.69, 9.17) is 9.73 Å². The highest BCUT2D eigenvalue weighted by atomic mass is 16.5. The van der Waals surface area contributed by atoms with Crippen LogP contribution in [0.5, 0.6) is 0 Å². The molecule has 1 aromatic rings. The number of rotatable bonds is 3. The number of aliphatic imine (C=N–C) groups is 1. The third kappa shape index (κ3) is 4.28. The Morgan fingerprint density at radius 3 is 2.74 bits per heavy atom. The fraction of sp³-hybridized carbons (Fsp3) is 0.850. The van der Waals surface area contributed by atoms with Gasteiger partial charge in [0.2, 0.25) is 0 Å². The van der Waals surface area contributed by atoms with Crippen LogP contribution >= 0.6 is 0 Å². The van der Waals surface area contributed by atoms with E-state index >= 15 is 0 Å². The summed E-state index contributed by atoms with van der Waals surface area (Å²) in [7, 11) is 2.01. The van der Waals surface area contributed by atoms with Crippen LogP contribution in [-0.2, 0) is 18.3 Å². The molecule has 1 aliphatic carbocycles. The average molecular weight is 375 g/mol. The Bertz CT molecular complexity index is 652. The molecule has 4 rings (SSSR count). The van der Waals surface area contributed by atoms with Crippen LogP contribution in [0.2, 0.25) is 0 Å². The fourth-order valence-electron chi connectivity index (χ4n) is 4.84. The number of ether oxygens (including phenoxy) is 1. The molecule has 1 unspecified atom stereocenters. The van der Waals surface area contributed by atoms with Gasteiger partial charge in [-0.1, -0.05) is 12.8 Å². The molecule has 1 aromatic heterocycles. The van der Waals surface area contributed by atoms with Crippen molar-refractivity contribution in [3.05, 3.63) is 11.6 Å². The maximum Gasteiger partial charge on any atom is 0.194 e. The van der Waals surface area contributed by atoms with Gasteiger partial charge in [0.25, 0.3) is 0 Å². The Hall–Kier alpha value is -1.63. The Morgan fingerprint density at radius 2 is 2.04 bits per heavy atom. The van der Waals surface area contributed by atoms with Crippen molar-refractivity contribution in [1.82, 2.24) is 25.0 Å². The summed E-state index contributed by atoms with van der Waals surface area (Å²) in [6.07, 6.45) is 10.1. The molecular weight excluding hydrogens is 340 g/mol. The third-order valence-corrected chi connectivity index (χ3v) is 6.61.